The normalized spacial score (nSPS) is 11.3. The number of nitro benzene ring substituents is 1. The molecule has 0 aliphatic heterocycles. The van der Waals surface area contributed by atoms with Gasteiger partial charge in [0, 0.05) is 24.4 Å². The number of nitrogens with two attached hydrogens (primary N) is 1. The fourth-order valence-corrected chi connectivity index (χ4v) is 2.68. The third-order valence-corrected chi connectivity index (χ3v) is 4.06. The van der Waals surface area contributed by atoms with E-state index in [9.17, 15) is 28.1 Å². The molecule has 1 aromatic heterocycles. The molecular weight excluding hydrogens is 391 g/mol. The van der Waals surface area contributed by atoms with Crippen LogP contribution in [0.4, 0.5) is 24.5 Å². The van der Waals surface area contributed by atoms with E-state index in [4.69, 9.17) is 5.73 Å². The smallest absolute Gasteiger partial charge is 0.398 e. The van der Waals surface area contributed by atoms with Crippen LogP contribution in [0.25, 0.3) is 5.69 Å². The number of anilines is 1. The summed E-state index contributed by atoms with van der Waals surface area (Å²) in [5, 5.41) is 16.8. The third-order valence-electron chi connectivity index (χ3n) is 4.06. The SMILES string of the molecule is Nc1cc([N+](=O)[O-])ccc1CNC(=O)c1cnn(-c2ccccc2)c1C(F)(F)F. The summed E-state index contributed by atoms with van der Waals surface area (Å²) in [5.41, 5.74) is 4.13. The highest BCUT2D eigenvalue weighted by atomic mass is 19.4. The van der Waals surface area contributed by atoms with Crippen molar-refractivity contribution in [3.05, 3.63) is 81.7 Å². The number of nitrogen functional groups attached to an aromatic ring is 1. The summed E-state index contributed by atoms with van der Waals surface area (Å²) >= 11 is 0. The number of benzene rings is 2. The number of nitrogens with one attached hydrogen (secondary N) is 1. The van der Waals surface area contributed by atoms with Gasteiger partial charge in [0.25, 0.3) is 11.6 Å². The minimum Gasteiger partial charge on any atom is -0.398 e. The van der Waals surface area contributed by atoms with E-state index in [2.05, 4.69) is 10.4 Å². The van der Waals surface area contributed by atoms with Gasteiger partial charge in [-0.1, -0.05) is 18.2 Å². The van der Waals surface area contributed by atoms with E-state index in [1.807, 2.05) is 0 Å². The topological polar surface area (TPSA) is 116 Å². The second-order valence-electron chi connectivity index (χ2n) is 5.97. The van der Waals surface area contributed by atoms with Gasteiger partial charge in [-0.3, -0.25) is 14.9 Å². The molecule has 2 aromatic carbocycles. The Labute approximate surface area is 161 Å². The predicted molar refractivity (Wildman–Crippen MR) is 97.2 cm³/mol. The molecule has 0 unspecified atom stereocenters. The van der Waals surface area contributed by atoms with Gasteiger partial charge in [-0.05, 0) is 23.8 Å². The lowest BCUT2D eigenvalue weighted by molar-refractivity contribution is -0.384. The first-order valence-corrected chi connectivity index (χ1v) is 8.20. The van der Waals surface area contributed by atoms with Crippen LogP contribution in [0.15, 0.2) is 54.7 Å². The molecule has 150 valence electrons. The summed E-state index contributed by atoms with van der Waals surface area (Å²) in [6.07, 6.45) is -3.99. The van der Waals surface area contributed by atoms with E-state index in [0.29, 0.717) is 10.2 Å². The molecule has 0 spiro atoms. The summed E-state index contributed by atoms with van der Waals surface area (Å²) in [6, 6.07) is 11.2. The van der Waals surface area contributed by atoms with Crippen molar-refractivity contribution in [3.8, 4) is 5.69 Å². The monoisotopic (exact) mass is 405 g/mol. The van der Waals surface area contributed by atoms with E-state index >= 15 is 0 Å². The molecular formula is C18H14F3N5O3. The minimum absolute atomic E-state index is 0.0375. The molecule has 3 N–H and O–H groups in total. The number of carbonyl (C=O) groups is 1. The number of hydrogen-bond acceptors (Lipinski definition) is 5. The Balaban J connectivity index is 1.87. The van der Waals surface area contributed by atoms with Crippen molar-refractivity contribution in [2.75, 3.05) is 5.73 Å². The maximum absolute atomic E-state index is 13.6. The molecule has 11 heteroatoms. The number of halogens is 3. The zero-order valence-corrected chi connectivity index (χ0v) is 14.7. The summed E-state index contributed by atoms with van der Waals surface area (Å²) in [7, 11) is 0. The number of carbonyl (C=O) groups excluding carboxylic acids is 1. The first-order chi connectivity index (χ1) is 13.7. The number of aromatic nitrogens is 2. The molecule has 0 fully saturated rings. The Bertz CT molecular complexity index is 1060. The van der Waals surface area contributed by atoms with Crippen LogP contribution in [0.3, 0.4) is 0 Å². The zero-order chi connectivity index (χ0) is 21.2. The second kappa shape index (κ2) is 7.62. The van der Waals surface area contributed by atoms with E-state index in [0.717, 1.165) is 12.3 Å². The number of para-hydroxylation sites is 1. The highest BCUT2D eigenvalue weighted by Gasteiger charge is 2.40. The van der Waals surface area contributed by atoms with Crippen LogP contribution in [-0.4, -0.2) is 20.6 Å². The predicted octanol–water partition coefficient (Wildman–Crippen LogP) is 3.31. The van der Waals surface area contributed by atoms with Gasteiger partial charge in [0.2, 0.25) is 0 Å². The lowest BCUT2D eigenvalue weighted by atomic mass is 10.1. The molecule has 0 aliphatic carbocycles. The fraction of sp³-hybridized carbons (Fsp3) is 0.111. The lowest BCUT2D eigenvalue weighted by Crippen LogP contribution is -2.26. The molecule has 29 heavy (non-hydrogen) atoms. The van der Waals surface area contributed by atoms with E-state index in [1.54, 1.807) is 18.2 Å². The molecule has 3 rings (SSSR count). The van der Waals surface area contributed by atoms with E-state index < -0.39 is 28.3 Å². The van der Waals surface area contributed by atoms with Crippen molar-refractivity contribution in [2.45, 2.75) is 12.7 Å². The third kappa shape index (κ3) is 4.18. The molecule has 1 heterocycles. The lowest BCUT2D eigenvalue weighted by Gasteiger charge is -2.13. The molecule has 0 bridgehead atoms. The molecule has 0 saturated carbocycles. The Kier molecular flexibility index (Phi) is 5.22. The number of amides is 1. The Morgan fingerprint density at radius 2 is 1.90 bits per heavy atom. The van der Waals surface area contributed by atoms with E-state index in [1.165, 1.54) is 24.3 Å². The van der Waals surface area contributed by atoms with Crippen LogP contribution in [0.5, 0.6) is 0 Å². The van der Waals surface area contributed by atoms with Gasteiger partial charge in [-0.15, -0.1) is 0 Å². The van der Waals surface area contributed by atoms with Gasteiger partial charge in [0.15, 0.2) is 5.69 Å². The summed E-state index contributed by atoms with van der Waals surface area (Å²) in [4.78, 5) is 22.5. The van der Waals surface area contributed by atoms with Gasteiger partial charge >= 0.3 is 6.18 Å². The van der Waals surface area contributed by atoms with Crippen molar-refractivity contribution in [3.63, 3.8) is 0 Å². The van der Waals surface area contributed by atoms with Gasteiger partial charge in [-0.25, -0.2) is 4.68 Å². The first-order valence-electron chi connectivity index (χ1n) is 8.20. The molecule has 0 aliphatic rings. The second-order valence-corrected chi connectivity index (χ2v) is 5.97. The fourth-order valence-electron chi connectivity index (χ4n) is 2.68. The van der Waals surface area contributed by atoms with Crippen molar-refractivity contribution >= 4 is 17.3 Å². The van der Waals surface area contributed by atoms with Crippen LogP contribution >= 0.6 is 0 Å². The quantitative estimate of drug-likeness (QED) is 0.384. The van der Waals surface area contributed by atoms with Crippen molar-refractivity contribution in [2.24, 2.45) is 0 Å². The van der Waals surface area contributed by atoms with Gasteiger partial charge in [0.05, 0.1) is 22.4 Å². The number of nitro groups is 1. The molecule has 1 amide bonds. The molecule has 0 radical (unpaired) electrons. The number of nitrogens with zero attached hydrogens (tertiary/aromatic N) is 3. The summed E-state index contributed by atoms with van der Waals surface area (Å²) in [5.74, 6) is -1.00. The molecule has 8 nitrogen and oxygen atoms in total. The number of rotatable bonds is 5. The van der Waals surface area contributed by atoms with Crippen molar-refractivity contribution in [1.29, 1.82) is 0 Å². The molecule has 3 aromatic rings. The first kappa shape index (κ1) is 19.9. The van der Waals surface area contributed by atoms with E-state index in [-0.39, 0.29) is 23.6 Å². The zero-order valence-electron chi connectivity index (χ0n) is 14.7. The molecule has 0 saturated heterocycles. The summed E-state index contributed by atoms with van der Waals surface area (Å²) < 4.78 is 41.5. The average molecular weight is 405 g/mol. The Hall–Kier alpha value is -3.89. The van der Waals surface area contributed by atoms with Crippen LogP contribution in [0.2, 0.25) is 0 Å². The van der Waals surface area contributed by atoms with Gasteiger partial charge in [0.1, 0.15) is 0 Å². The molecule has 0 atom stereocenters. The number of hydrogen-bond donors (Lipinski definition) is 2. The Morgan fingerprint density at radius 1 is 1.21 bits per heavy atom. The maximum atomic E-state index is 13.6. The number of non-ortho nitro benzene ring substituents is 1. The largest absolute Gasteiger partial charge is 0.434 e. The number of alkyl halides is 3. The Morgan fingerprint density at radius 3 is 2.48 bits per heavy atom. The highest BCUT2D eigenvalue weighted by Crippen LogP contribution is 2.33. The van der Waals surface area contributed by atoms with Crippen LogP contribution in [-0.2, 0) is 12.7 Å². The maximum Gasteiger partial charge on any atom is 0.434 e. The highest BCUT2D eigenvalue weighted by molar-refractivity contribution is 5.95. The minimum atomic E-state index is -4.83. The van der Waals surface area contributed by atoms with Gasteiger partial charge in [-0.2, -0.15) is 18.3 Å². The summed E-state index contributed by atoms with van der Waals surface area (Å²) in [6.45, 7) is -0.212. The standard InChI is InChI=1S/C18H14F3N5O3/c19-18(20,21)16-14(10-24-25(16)12-4-2-1-3-5-12)17(27)23-9-11-6-7-13(26(28)29)8-15(11)22/h1-8,10H,9,22H2,(H,23,27). The average Bonchev–Trinajstić information content (AvgIpc) is 3.13. The van der Waals surface area contributed by atoms with Crippen molar-refractivity contribution < 1.29 is 22.9 Å². The van der Waals surface area contributed by atoms with Crippen LogP contribution < -0.4 is 11.1 Å². The van der Waals surface area contributed by atoms with Crippen LogP contribution in [0, 0.1) is 10.1 Å². The van der Waals surface area contributed by atoms with Crippen LogP contribution in [0.1, 0.15) is 21.6 Å². The van der Waals surface area contributed by atoms with Gasteiger partial charge < -0.3 is 11.1 Å². The van der Waals surface area contributed by atoms with Crippen molar-refractivity contribution in [1.82, 2.24) is 15.1 Å².